The lowest BCUT2D eigenvalue weighted by molar-refractivity contribution is 0.0759. The van der Waals surface area contributed by atoms with Gasteiger partial charge in [-0.15, -0.1) is 0 Å². The molecule has 1 aliphatic heterocycles. The van der Waals surface area contributed by atoms with Gasteiger partial charge in [0.15, 0.2) is 0 Å². The summed E-state index contributed by atoms with van der Waals surface area (Å²) in [6.45, 7) is 3.17. The molecule has 0 aliphatic carbocycles. The van der Waals surface area contributed by atoms with Crippen LogP contribution >= 0.6 is 0 Å². The molecule has 1 fully saturated rings. The van der Waals surface area contributed by atoms with Crippen LogP contribution < -0.4 is 4.72 Å². The van der Waals surface area contributed by atoms with E-state index in [2.05, 4.69) is 9.71 Å². The lowest BCUT2D eigenvalue weighted by Crippen LogP contribution is -2.59. The quantitative estimate of drug-likeness (QED) is 0.500. The minimum atomic E-state index is -3.87. The molecule has 2 N–H and O–H groups in total. The maximum atomic E-state index is 14.4. The summed E-state index contributed by atoms with van der Waals surface area (Å²) < 4.78 is 49.4. The Morgan fingerprint density at radius 3 is 2.40 bits per heavy atom. The number of aliphatic hydroxyl groups excluding tert-OH is 1. The number of nitrogens with zero attached hydrogens (tertiary/aromatic N) is 1. The molecule has 1 aliphatic rings. The van der Waals surface area contributed by atoms with E-state index in [0.29, 0.717) is 0 Å². The van der Waals surface area contributed by atoms with Crippen molar-refractivity contribution in [2.45, 2.75) is 43.6 Å². The number of ether oxygens (including phenoxy) is 1. The van der Waals surface area contributed by atoms with Gasteiger partial charge in [0, 0.05) is 12.2 Å². The zero-order chi connectivity index (χ0) is 25.1. The minimum Gasteiger partial charge on any atom is -0.457 e. The average molecular weight is 497 g/mol. The van der Waals surface area contributed by atoms with Gasteiger partial charge in [-0.05, 0) is 49.4 Å². The predicted octanol–water partition coefficient (Wildman–Crippen LogP) is 4.61. The third-order valence-electron chi connectivity index (χ3n) is 6.13. The Hall–Kier alpha value is -3.23. The largest absolute Gasteiger partial charge is 0.457 e. The number of aliphatic imine (C=N–C) groups is 1. The van der Waals surface area contributed by atoms with Crippen molar-refractivity contribution < 1.29 is 22.7 Å². The first-order valence-electron chi connectivity index (χ1n) is 11.5. The highest BCUT2D eigenvalue weighted by Crippen LogP contribution is 2.32. The Bertz CT molecular complexity index is 1310. The van der Waals surface area contributed by atoms with Crippen LogP contribution in [0.2, 0.25) is 0 Å². The van der Waals surface area contributed by atoms with Gasteiger partial charge in [-0.3, -0.25) is 0 Å². The fourth-order valence-electron chi connectivity index (χ4n) is 4.33. The third-order valence-corrected chi connectivity index (χ3v) is 8.08. The zero-order valence-corrected chi connectivity index (χ0v) is 20.5. The standard InChI is InChI=1S/C27H29FN2O4S/c1-27(2)25(18-19-9-8-12-21(17-19)20-10-4-3-5-11-20)35(32,33)30-26(34-27)29-24(15-16-31)22-13-6-7-14-23(22)28/h3-14,17,24-25,31H,15-16,18H2,1-2H3,(H,29,30). The van der Waals surface area contributed by atoms with E-state index in [1.54, 1.807) is 32.0 Å². The molecule has 6 nitrogen and oxygen atoms in total. The molecule has 184 valence electrons. The highest BCUT2D eigenvalue weighted by Gasteiger charge is 2.47. The molecule has 0 spiro atoms. The minimum absolute atomic E-state index is 0.117. The van der Waals surface area contributed by atoms with Gasteiger partial charge in [0.05, 0.1) is 6.04 Å². The predicted molar refractivity (Wildman–Crippen MR) is 135 cm³/mol. The molecule has 0 bridgehead atoms. The smallest absolute Gasteiger partial charge is 0.299 e. The van der Waals surface area contributed by atoms with E-state index in [1.165, 1.54) is 6.07 Å². The summed E-state index contributed by atoms with van der Waals surface area (Å²) in [4.78, 5) is 4.35. The molecule has 3 aromatic carbocycles. The maximum Gasteiger partial charge on any atom is 0.299 e. The molecule has 1 heterocycles. The monoisotopic (exact) mass is 496 g/mol. The lowest BCUT2D eigenvalue weighted by atomic mass is 9.95. The Morgan fingerprint density at radius 1 is 1.03 bits per heavy atom. The number of benzene rings is 3. The first kappa shape index (κ1) is 24.9. The summed E-state index contributed by atoms with van der Waals surface area (Å²) in [6, 6.07) is 22.7. The van der Waals surface area contributed by atoms with E-state index in [0.717, 1.165) is 16.7 Å². The fourth-order valence-corrected chi connectivity index (χ4v) is 6.02. The first-order valence-corrected chi connectivity index (χ1v) is 13.0. The molecular weight excluding hydrogens is 467 g/mol. The van der Waals surface area contributed by atoms with Gasteiger partial charge in [0.1, 0.15) is 16.7 Å². The second-order valence-corrected chi connectivity index (χ2v) is 11.0. The number of nitrogens with one attached hydrogen (secondary N) is 1. The van der Waals surface area contributed by atoms with E-state index in [-0.39, 0.29) is 31.0 Å². The molecule has 2 unspecified atom stereocenters. The van der Waals surface area contributed by atoms with Crippen LogP contribution in [0.5, 0.6) is 0 Å². The number of sulfonamides is 1. The van der Waals surface area contributed by atoms with Gasteiger partial charge < -0.3 is 9.84 Å². The molecule has 1 saturated heterocycles. The molecule has 35 heavy (non-hydrogen) atoms. The molecule has 3 aromatic rings. The fraction of sp³-hybridized carbons (Fsp3) is 0.296. The molecule has 0 radical (unpaired) electrons. The van der Waals surface area contributed by atoms with Crippen molar-refractivity contribution in [2.75, 3.05) is 6.61 Å². The first-order chi connectivity index (χ1) is 16.7. The van der Waals surface area contributed by atoms with Gasteiger partial charge >= 0.3 is 0 Å². The van der Waals surface area contributed by atoms with Crippen LogP contribution in [0.15, 0.2) is 83.9 Å². The number of halogens is 1. The van der Waals surface area contributed by atoms with Crippen LogP contribution in [0.3, 0.4) is 0 Å². The Balaban J connectivity index is 1.60. The van der Waals surface area contributed by atoms with E-state index in [4.69, 9.17) is 4.74 Å². The van der Waals surface area contributed by atoms with Gasteiger partial charge in [-0.25, -0.2) is 22.5 Å². The topological polar surface area (TPSA) is 88.0 Å². The molecule has 0 aromatic heterocycles. The van der Waals surface area contributed by atoms with Crippen molar-refractivity contribution in [2.24, 2.45) is 4.99 Å². The summed E-state index contributed by atoms with van der Waals surface area (Å²) in [7, 11) is -3.87. The summed E-state index contributed by atoms with van der Waals surface area (Å²) in [5, 5.41) is 8.58. The molecule has 4 rings (SSSR count). The second-order valence-electron chi connectivity index (χ2n) is 9.10. The number of aliphatic hydroxyl groups is 1. The van der Waals surface area contributed by atoms with Gasteiger partial charge in [-0.2, -0.15) is 0 Å². The SMILES string of the molecule is CC1(C)OC(=NC(CCO)c2ccccc2F)NS(=O)(=O)C1Cc1cccc(-c2ccccc2)c1. The van der Waals surface area contributed by atoms with E-state index >= 15 is 0 Å². The highest BCUT2D eigenvalue weighted by molar-refractivity contribution is 7.90. The van der Waals surface area contributed by atoms with Crippen molar-refractivity contribution in [1.29, 1.82) is 0 Å². The van der Waals surface area contributed by atoms with Crippen molar-refractivity contribution in [3.63, 3.8) is 0 Å². The number of hydrogen-bond acceptors (Lipinski definition) is 5. The van der Waals surface area contributed by atoms with E-state index < -0.39 is 32.7 Å². The van der Waals surface area contributed by atoms with Crippen LogP contribution in [0.1, 0.15) is 37.4 Å². The van der Waals surface area contributed by atoms with E-state index in [1.807, 2.05) is 54.6 Å². The van der Waals surface area contributed by atoms with Crippen LogP contribution in [-0.4, -0.2) is 37.0 Å². The number of hydrogen-bond donors (Lipinski definition) is 2. The van der Waals surface area contributed by atoms with Crippen molar-refractivity contribution in [3.8, 4) is 11.1 Å². The van der Waals surface area contributed by atoms with Gasteiger partial charge in [0.2, 0.25) is 10.0 Å². The van der Waals surface area contributed by atoms with Crippen LogP contribution in [0, 0.1) is 5.82 Å². The third kappa shape index (κ3) is 5.71. The van der Waals surface area contributed by atoms with Gasteiger partial charge in [0.25, 0.3) is 6.02 Å². The van der Waals surface area contributed by atoms with Crippen molar-refractivity contribution in [1.82, 2.24) is 4.72 Å². The molecule has 0 amide bonds. The van der Waals surface area contributed by atoms with Crippen molar-refractivity contribution in [3.05, 3.63) is 95.8 Å². The number of rotatable bonds is 7. The molecule has 8 heteroatoms. The van der Waals surface area contributed by atoms with Crippen molar-refractivity contribution >= 4 is 16.0 Å². The summed E-state index contributed by atoms with van der Waals surface area (Å²) in [5.74, 6) is -0.482. The van der Waals surface area contributed by atoms with Crippen LogP contribution in [0.4, 0.5) is 4.39 Å². The Kier molecular flexibility index (Phi) is 7.23. The molecule has 2 atom stereocenters. The van der Waals surface area contributed by atoms with Crippen LogP contribution in [0.25, 0.3) is 11.1 Å². The average Bonchev–Trinajstić information content (AvgIpc) is 2.82. The van der Waals surface area contributed by atoms with Gasteiger partial charge in [-0.1, -0.05) is 72.8 Å². The summed E-state index contributed by atoms with van der Waals surface area (Å²) in [6.07, 6.45) is 0.356. The molecular formula is C27H29FN2O4S. The molecule has 0 saturated carbocycles. The lowest BCUT2D eigenvalue weighted by Gasteiger charge is -2.39. The number of amidine groups is 1. The van der Waals surface area contributed by atoms with Crippen LogP contribution in [-0.2, 0) is 21.2 Å². The normalized spacial score (nSPS) is 20.6. The summed E-state index contributed by atoms with van der Waals surface area (Å²) in [5.41, 5.74) is 2.07. The maximum absolute atomic E-state index is 14.4. The summed E-state index contributed by atoms with van der Waals surface area (Å²) >= 11 is 0. The highest BCUT2D eigenvalue weighted by atomic mass is 32.2. The zero-order valence-electron chi connectivity index (χ0n) is 19.7. The van der Waals surface area contributed by atoms with E-state index in [9.17, 15) is 17.9 Å². The Labute approximate surface area is 205 Å². The Morgan fingerprint density at radius 2 is 1.71 bits per heavy atom. The second kappa shape index (κ2) is 10.2.